The molecule has 1 N–H and O–H groups in total. The van der Waals surface area contributed by atoms with E-state index in [0.29, 0.717) is 49.3 Å². The molecule has 0 spiro atoms. The van der Waals surface area contributed by atoms with Gasteiger partial charge in [-0.2, -0.15) is 0 Å². The number of fused-ring (bicyclic) bond motifs is 1. The number of nitrogens with zero attached hydrogens (tertiary/aromatic N) is 3. The number of thiazole rings is 1. The van der Waals surface area contributed by atoms with Gasteiger partial charge in [-0.3, -0.25) is 24.3 Å². The number of carbonyl (C=O) groups excluding carboxylic acids is 1. The summed E-state index contributed by atoms with van der Waals surface area (Å²) in [6, 6.07) is 24.5. The van der Waals surface area contributed by atoms with Crippen molar-refractivity contribution < 1.29 is 14.1 Å². The number of hydrogen-bond acceptors (Lipinski definition) is 7. The van der Waals surface area contributed by atoms with Crippen molar-refractivity contribution in [2.24, 2.45) is 4.99 Å². The maximum atomic E-state index is 14.1. The van der Waals surface area contributed by atoms with Crippen molar-refractivity contribution in [2.75, 3.05) is 5.32 Å². The molecule has 1 unspecified atom stereocenters. The highest BCUT2D eigenvalue weighted by Gasteiger charge is 2.32. The molecule has 2 aromatic heterocycles. The molecule has 0 radical (unpaired) electrons. The first kappa shape index (κ1) is 29.7. The third-order valence-electron chi connectivity index (χ3n) is 7.81. The van der Waals surface area contributed by atoms with E-state index in [0.717, 1.165) is 16.7 Å². The van der Waals surface area contributed by atoms with Gasteiger partial charge < -0.3 is 9.73 Å². The van der Waals surface area contributed by atoms with Crippen LogP contribution in [0.2, 0.25) is 0 Å². The minimum Gasteiger partial charge on any atom is -0.457 e. The van der Waals surface area contributed by atoms with Crippen LogP contribution in [-0.4, -0.2) is 15.4 Å². The number of non-ortho nitro benzene ring substituents is 1. The van der Waals surface area contributed by atoms with E-state index in [9.17, 15) is 19.7 Å². The Bertz CT molecular complexity index is 2160. The number of nitro groups is 1. The van der Waals surface area contributed by atoms with Gasteiger partial charge in [-0.15, -0.1) is 0 Å². The number of anilines is 1. The minimum atomic E-state index is -0.701. The molecule has 0 aliphatic carbocycles. The third kappa shape index (κ3) is 5.80. The standard InChI is InChI=1S/C35H30N4O5S/c1-20(2)23-11-13-24(14-12-23)32-31(33(40)37-25-8-6-5-7-9-25)22(4)36-35-38(32)34(41)30(45-35)19-27-16-17-29(44-27)28-18-26(39(42)43)15-10-21(28)3/h5-20,32H,1-4H3,(H,37,40)/b30-19-. The quantitative estimate of drug-likeness (QED) is 0.166. The van der Waals surface area contributed by atoms with Crippen LogP contribution in [0.4, 0.5) is 11.4 Å². The molecule has 45 heavy (non-hydrogen) atoms. The lowest BCUT2D eigenvalue weighted by atomic mass is 9.93. The van der Waals surface area contributed by atoms with Gasteiger partial charge in [0.25, 0.3) is 17.2 Å². The smallest absolute Gasteiger partial charge is 0.271 e. The number of aryl methyl sites for hydroxylation is 1. The lowest BCUT2D eigenvalue weighted by Gasteiger charge is -2.25. The lowest BCUT2D eigenvalue weighted by molar-refractivity contribution is -0.384. The topological polar surface area (TPSA) is 120 Å². The fourth-order valence-corrected chi connectivity index (χ4v) is 6.43. The Morgan fingerprint density at radius 1 is 1.04 bits per heavy atom. The number of benzene rings is 3. The molecule has 6 rings (SSSR count). The first-order valence-electron chi connectivity index (χ1n) is 14.4. The molecule has 3 heterocycles. The Morgan fingerprint density at radius 3 is 2.47 bits per heavy atom. The normalized spacial score (nSPS) is 14.8. The molecule has 9 nitrogen and oxygen atoms in total. The van der Waals surface area contributed by atoms with E-state index in [-0.39, 0.29) is 17.2 Å². The zero-order valence-electron chi connectivity index (χ0n) is 25.1. The number of allylic oxidation sites excluding steroid dienone is 1. The van der Waals surface area contributed by atoms with Crippen LogP contribution in [0.3, 0.4) is 0 Å². The Kier molecular flexibility index (Phi) is 7.90. The molecule has 226 valence electrons. The predicted octanol–water partition coefficient (Wildman–Crippen LogP) is 6.47. The van der Waals surface area contributed by atoms with E-state index >= 15 is 0 Å². The fraction of sp³-hybridized carbons (Fsp3) is 0.171. The van der Waals surface area contributed by atoms with Crippen molar-refractivity contribution in [3.63, 3.8) is 0 Å². The van der Waals surface area contributed by atoms with Crippen molar-refractivity contribution >= 4 is 34.7 Å². The Hall–Kier alpha value is -5.35. The summed E-state index contributed by atoms with van der Waals surface area (Å²) in [4.78, 5) is 43.9. The zero-order valence-corrected chi connectivity index (χ0v) is 25.9. The van der Waals surface area contributed by atoms with Gasteiger partial charge in [0.05, 0.1) is 26.8 Å². The van der Waals surface area contributed by atoms with Crippen LogP contribution in [0.15, 0.2) is 110 Å². The highest BCUT2D eigenvalue weighted by Crippen LogP contribution is 2.32. The summed E-state index contributed by atoms with van der Waals surface area (Å²) in [5.74, 6) is 0.853. The number of rotatable bonds is 7. The van der Waals surface area contributed by atoms with Gasteiger partial charge in [0, 0.05) is 29.5 Å². The average molecular weight is 619 g/mol. The largest absolute Gasteiger partial charge is 0.457 e. The maximum Gasteiger partial charge on any atom is 0.271 e. The molecular formula is C35H30N4O5S. The van der Waals surface area contributed by atoms with Crippen molar-refractivity contribution in [1.29, 1.82) is 0 Å². The molecule has 0 bridgehead atoms. The van der Waals surface area contributed by atoms with Gasteiger partial charge in [0.1, 0.15) is 11.5 Å². The van der Waals surface area contributed by atoms with E-state index in [1.54, 1.807) is 35.8 Å². The number of para-hydroxylation sites is 1. The van der Waals surface area contributed by atoms with Crippen LogP contribution in [0.5, 0.6) is 0 Å². The Morgan fingerprint density at radius 2 is 1.78 bits per heavy atom. The summed E-state index contributed by atoms with van der Waals surface area (Å²) < 4.78 is 8.00. The molecule has 3 aromatic carbocycles. The molecule has 1 aliphatic heterocycles. The first-order chi connectivity index (χ1) is 21.6. The minimum absolute atomic E-state index is 0.0363. The average Bonchev–Trinajstić information content (AvgIpc) is 3.60. The van der Waals surface area contributed by atoms with E-state index in [4.69, 9.17) is 9.41 Å². The van der Waals surface area contributed by atoms with Crippen LogP contribution in [0, 0.1) is 17.0 Å². The van der Waals surface area contributed by atoms with Crippen LogP contribution >= 0.6 is 11.3 Å². The lowest BCUT2D eigenvalue weighted by Crippen LogP contribution is -2.40. The van der Waals surface area contributed by atoms with Crippen LogP contribution < -0.4 is 20.2 Å². The first-order valence-corrected chi connectivity index (χ1v) is 15.3. The van der Waals surface area contributed by atoms with Crippen molar-refractivity contribution in [3.8, 4) is 11.3 Å². The highest BCUT2D eigenvalue weighted by atomic mass is 32.1. The van der Waals surface area contributed by atoms with Crippen molar-refractivity contribution in [2.45, 2.75) is 39.7 Å². The van der Waals surface area contributed by atoms with Crippen LogP contribution in [-0.2, 0) is 4.79 Å². The van der Waals surface area contributed by atoms with Gasteiger partial charge in [-0.05, 0) is 60.7 Å². The summed E-state index contributed by atoms with van der Waals surface area (Å²) in [5, 5.41) is 14.3. The zero-order chi connectivity index (χ0) is 31.8. The van der Waals surface area contributed by atoms with Crippen LogP contribution in [0.25, 0.3) is 17.4 Å². The predicted molar refractivity (Wildman–Crippen MR) is 175 cm³/mol. The molecular weight excluding hydrogens is 588 g/mol. The monoisotopic (exact) mass is 618 g/mol. The van der Waals surface area contributed by atoms with E-state index in [1.165, 1.54) is 23.5 Å². The number of furan rings is 1. The number of carbonyl (C=O) groups is 1. The summed E-state index contributed by atoms with van der Waals surface area (Å²) in [5.41, 5.74) is 4.56. The third-order valence-corrected chi connectivity index (χ3v) is 8.80. The van der Waals surface area contributed by atoms with Gasteiger partial charge >= 0.3 is 0 Å². The molecule has 1 aliphatic rings. The number of nitrogens with one attached hydrogen (secondary N) is 1. The second-order valence-corrected chi connectivity index (χ2v) is 12.2. The number of nitro benzene ring substituents is 1. The maximum absolute atomic E-state index is 14.1. The van der Waals surface area contributed by atoms with E-state index in [2.05, 4.69) is 19.2 Å². The van der Waals surface area contributed by atoms with E-state index < -0.39 is 11.0 Å². The number of aromatic nitrogens is 1. The van der Waals surface area contributed by atoms with Crippen LogP contribution in [0.1, 0.15) is 55.2 Å². The summed E-state index contributed by atoms with van der Waals surface area (Å²) in [6.07, 6.45) is 1.64. The number of hydrogen-bond donors (Lipinski definition) is 1. The molecule has 0 fully saturated rings. The molecule has 1 atom stereocenters. The summed E-state index contributed by atoms with van der Waals surface area (Å²) >= 11 is 1.21. The molecule has 1 amide bonds. The summed E-state index contributed by atoms with van der Waals surface area (Å²) in [6.45, 7) is 7.86. The van der Waals surface area contributed by atoms with Gasteiger partial charge in [0.2, 0.25) is 0 Å². The Balaban J connectivity index is 1.45. The summed E-state index contributed by atoms with van der Waals surface area (Å²) in [7, 11) is 0. The second kappa shape index (κ2) is 12.0. The SMILES string of the molecule is CC1=C(C(=O)Nc2ccccc2)C(c2ccc(C(C)C)cc2)n2c(s/c(=C\c3ccc(-c4cc([N+](=O)[O-])ccc4C)o3)c2=O)=N1. The van der Waals surface area contributed by atoms with Gasteiger partial charge in [0.15, 0.2) is 4.80 Å². The molecule has 0 saturated heterocycles. The number of amides is 1. The van der Waals surface area contributed by atoms with Gasteiger partial charge in [-0.25, -0.2) is 4.99 Å². The van der Waals surface area contributed by atoms with Crippen molar-refractivity contribution in [1.82, 2.24) is 4.57 Å². The molecule has 5 aromatic rings. The fourth-order valence-electron chi connectivity index (χ4n) is 5.40. The highest BCUT2D eigenvalue weighted by molar-refractivity contribution is 7.07. The Labute approximate surface area is 262 Å². The molecule has 10 heteroatoms. The van der Waals surface area contributed by atoms with E-state index in [1.807, 2.05) is 61.5 Å². The van der Waals surface area contributed by atoms with Gasteiger partial charge in [-0.1, -0.05) is 73.7 Å². The second-order valence-electron chi connectivity index (χ2n) is 11.2. The van der Waals surface area contributed by atoms with Crippen molar-refractivity contribution in [3.05, 3.63) is 148 Å². The molecule has 0 saturated carbocycles.